The molecule has 0 saturated carbocycles. The van der Waals surface area contributed by atoms with E-state index in [0.717, 1.165) is 51.2 Å². The molecule has 0 aliphatic carbocycles. The number of carbonyl (C=O) groups is 3. The Morgan fingerprint density at radius 3 is 2.63 bits per heavy atom. The van der Waals surface area contributed by atoms with Gasteiger partial charge in [-0.05, 0) is 43.5 Å². The molecule has 1 aliphatic rings. The first-order valence-corrected chi connectivity index (χ1v) is 12.2. The number of anilines is 1. The van der Waals surface area contributed by atoms with Gasteiger partial charge in [0.1, 0.15) is 4.88 Å². The summed E-state index contributed by atoms with van der Waals surface area (Å²) in [4.78, 5) is 46.1. The first kappa shape index (κ1) is 26.3. The number of amides is 3. The number of thiazole rings is 1. The quantitative estimate of drug-likeness (QED) is 0.209. The largest absolute Gasteiger partial charge is 0.465 e. The van der Waals surface area contributed by atoms with Crippen LogP contribution in [0.5, 0.6) is 0 Å². The third-order valence-corrected chi connectivity index (χ3v) is 6.23. The van der Waals surface area contributed by atoms with Crippen molar-refractivity contribution in [3.8, 4) is 0 Å². The topological polar surface area (TPSA) is 145 Å². The van der Waals surface area contributed by atoms with E-state index in [9.17, 15) is 14.4 Å². The number of carbonyl (C=O) groups excluding carboxylic acids is 2. The molecule has 0 radical (unpaired) electrons. The van der Waals surface area contributed by atoms with E-state index in [1.807, 2.05) is 12.1 Å². The van der Waals surface area contributed by atoms with Crippen molar-refractivity contribution in [1.82, 2.24) is 20.5 Å². The number of carboxylic acid groups (broad SMARTS) is 1. The maximum atomic E-state index is 12.9. The third-order valence-electron chi connectivity index (χ3n) is 5.22. The summed E-state index contributed by atoms with van der Waals surface area (Å²) in [5.74, 6) is -0.428. The molecule has 4 N–H and O–H groups in total. The Balaban J connectivity index is 1.56. The van der Waals surface area contributed by atoms with Crippen LogP contribution in [0.2, 0.25) is 0 Å². The van der Waals surface area contributed by atoms with Gasteiger partial charge < -0.3 is 20.5 Å². The summed E-state index contributed by atoms with van der Waals surface area (Å²) in [5.41, 5.74) is 2.26. The molecule has 3 rings (SSSR count). The molecular formula is C23H30N6O5S. The number of hydrogen-bond donors (Lipinski definition) is 4. The van der Waals surface area contributed by atoms with Gasteiger partial charge in [-0.15, -0.1) is 0 Å². The SMILES string of the molecule is CC(=O)Nc1nc(CCc2ccc(N=CNC(=O)O)cc2)c(C(=O)NCCCN2CCOCC2)s1. The van der Waals surface area contributed by atoms with Crippen molar-refractivity contribution in [2.45, 2.75) is 26.2 Å². The van der Waals surface area contributed by atoms with Crippen molar-refractivity contribution in [1.29, 1.82) is 0 Å². The van der Waals surface area contributed by atoms with Gasteiger partial charge in [-0.1, -0.05) is 23.5 Å². The molecule has 2 heterocycles. The smallest absolute Gasteiger partial charge is 0.409 e. The summed E-state index contributed by atoms with van der Waals surface area (Å²) in [6, 6.07) is 7.34. The number of ether oxygens (including phenoxy) is 1. The molecule has 1 fully saturated rings. The van der Waals surface area contributed by atoms with Crippen LogP contribution in [0.25, 0.3) is 0 Å². The molecule has 12 heteroatoms. The van der Waals surface area contributed by atoms with Gasteiger partial charge in [0.25, 0.3) is 5.91 Å². The summed E-state index contributed by atoms with van der Waals surface area (Å²) in [6.07, 6.45) is 1.94. The van der Waals surface area contributed by atoms with Gasteiger partial charge in [0.05, 0.1) is 30.9 Å². The number of aliphatic imine (C=N–C) groups is 1. The van der Waals surface area contributed by atoms with E-state index in [1.165, 1.54) is 18.3 Å². The maximum absolute atomic E-state index is 12.9. The minimum atomic E-state index is -1.18. The number of hydrogen-bond acceptors (Lipinski definition) is 8. The molecule has 11 nitrogen and oxygen atoms in total. The van der Waals surface area contributed by atoms with Crippen LogP contribution in [0, 0.1) is 0 Å². The van der Waals surface area contributed by atoms with Gasteiger partial charge in [-0.3, -0.25) is 19.8 Å². The minimum Gasteiger partial charge on any atom is -0.465 e. The molecule has 1 aromatic heterocycles. The molecule has 2 aromatic rings. The van der Waals surface area contributed by atoms with Gasteiger partial charge in [-0.2, -0.15) is 0 Å². The standard InChI is InChI=1S/C23H30N6O5S/c1-16(30)27-22-28-19(8-5-17-3-6-18(7-4-17)25-15-26-23(32)33)20(35-22)21(31)24-9-2-10-29-11-13-34-14-12-29/h3-4,6-7,15H,2,5,8-14H2,1H3,(H,24,31)(H,25,26)(H,32,33)(H,27,28,30). The number of morpholine rings is 1. The summed E-state index contributed by atoms with van der Waals surface area (Å²) in [5, 5.41) is 16.7. The molecule has 1 aromatic carbocycles. The highest BCUT2D eigenvalue weighted by Gasteiger charge is 2.19. The van der Waals surface area contributed by atoms with Gasteiger partial charge in [0, 0.05) is 26.6 Å². The van der Waals surface area contributed by atoms with Gasteiger partial charge in [0.2, 0.25) is 5.91 Å². The van der Waals surface area contributed by atoms with Crippen LogP contribution in [-0.4, -0.2) is 78.6 Å². The van der Waals surface area contributed by atoms with Crippen molar-refractivity contribution < 1.29 is 24.2 Å². The number of nitrogens with one attached hydrogen (secondary N) is 3. The van der Waals surface area contributed by atoms with E-state index in [2.05, 4.69) is 30.8 Å². The van der Waals surface area contributed by atoms with Crippen LogP contribution in [0.15, 0.2) is 29.3 Å². The molecule has 188 valence electrons. The first-order chi connectivity index (χ1) is 16.9. The highest BCUT2D eigenvalue weighted by Crippen LogP contribution is 2.25. The van der Waals surface area contributed by atoms with Crippen molar-refractivity contribution in [3.63, 3.8) is 0 Å². The molecule has 3 amide bonds. The lowest BCUT2D eigenvalue weighted by Gasteiger charge is -2.26. The number of nitrogens with zero attached hydrogens (tertiary/aromatic N) is 3. The van der Waals surface area contributed by atoms with Crippen molar-refractivity contribution in [2.24, 2.45) is 4.99 Å². The zero-order valence-electron chi connectivity index (χ0n) is 19.6. The fourth-order valence-corrected chi connectivity index (χ4v) is 4.46. The Kier molecular flexibility index (Phi) is 10.1. The second-order valence-corrected chi connectivity index (χ2v) is 8.91. The first-order valence-electron chi connectivity index (χ1n) is 11.4. The lowest BCUT2D eigenvalue weighted by Crippen LogP contribution is -2.38. The summed E-state index contributed by atoms with van der Waals surface area (Å²) in [6.45, 7) is 6.20. The van der Waals surface area contributed by atoms with Gasteiger partial charge in [0.15, 0.2) is 5.13 Å². The molecule has 35 heavy (non-hydrogen) atoms. The van der Waals surface area contributed by atoms with Gasteiger partial charge in [-0.25, -0.2) is 14.8 Å². The maximum Gasteiger partial charge on any atom is 0.409 e. The minimum absolute atomic E-state index is 0.188. The van der Waals surface area contributed by atoms with E-state index >= 15 is 0 Å². The molecule has 0 atom stereocenters. The van der Waals surface area contributed by atoms with Crippen LogP contribution < -0.4 is 16.0 Å². The Bertz CT molecular complexity index is 1030. The Morgan fingerprint density at radius 1 is 1.20 bits per heavy atom. The Hall–Kier alpha value is -3.35. The highest BCUT2D eigenvalue weighted by atomic mass is 32.1. The fraction of sp³-hybridized carbons (Fsp3) is 0.435. The molecule has 0 bridgehead atoms. The molecule has 0 unspecified atom stereocenters. The van der Waals surface area contributed by atoms with Crippen molar-refractivity contribution in [3.05, 3.63) is 40.4 Å². The van der Waals surface area contributed by atoms with Crippen LogP contribution in [0.3, 0.4) is 0 Å². The van der Waals surface area contributed by atoms with Crippen LogP contribution in [-0.2, 0) is 22.4 Å². The van der Waals surface area contributed by atoms with E-state index in [1.54, 1.807) is 12.1 Å². The van der Waals surface area contributed by atoms with E-state index < -0.39 is 6.09 Å². The van der Waals surface area contributed by atoms with Crippen LogP contribution in [0.4, 0.5) is 15.6 Å². The lowest BCUT2D eigenvalue weighted by molar-refractivity contribution is -0.114. The zero-order chi connectivity index (χ0) is 25.0. The average Bonchev–Trinajstić information content (AvgIpc) is 3.23. The molecule has 1 aliphatic heterocycles. The predicted octanol–water partition coefficient (Wildman–Crippen LogP) is 2.27. The van der Waals surface area contributed by atoms with Crippen LogP contribution in [0.1, 0.15) is 34.3 Å². The van der Waals surface area contributed by atoms with Gasteiger partial charge >= 0.3 is 6.09 Å². The highest BCUT2D eigenvalue weighted by molar-refractivity contribution is 7.17. The van der Waals surface area contributed by atoms with Crippen molar-refractivity contribution >= 4 is 46.4 Å². The third kappa shape index (κ3) is 9.08. The molecular weight excluding hydrogens is 472 g/mol. The number of benzene rings is 1. The van der Waals surface area contributed by atoms with Crippen molar-refractivity contribution in [2.75, 3.05) is 44.7 Å². The summed E-state index contributed by atoms with van der Waals surface area (Å²) < 4.78 is 5.35. The summed E-state index contributed by atoms with van der Waals surface area (Å²) in [7, 11) is 0. The second kappa shape index (κ2) is 13.5. The fourth-order valence-electron chi connectivity index (χ4n) is 3.49. The Morgan fingerprint density at radius 2 is 1.94 bits per heavy atom. The normalized spacial score (nSPS) is 14.1. The Labute approximate surface area is 207 Å². The lowest BCUT2D eigenvalue weighted by atomic mass is 10.1. The number of aromatic nitrogens is 1. The summed E-state index contributed by atoms with van der Waals surface area (Å²) >= 11 is 1.17. The van der Waals surface area contributed by atoms with E-state index in [4.69, 9.17) is 9.84 Å². The second-order valence-electron chi connectivity index (χ2n) is 7.91. The monoisotopic (exact) mass is 502 g/mol. The van der Waals surface area contributed by atoms with E-state index in [-0.39, 0.29) is 11.8 Å². The number of aryl methyl sites for hydroxylation is 2. The van der Waals surface area contributed by atoms with Crippen LogP contribution >= 0.6 is 11.3 Å². The molecule has 0 spiro atoms. The predicted molar refractivity (Wildman–Crippen MR) is 134 cm³/mol. The molecule has 1 saturated heterocycles. The average molecular weight is 503 g/mol. The zero-order valence-corrected chi connectivity index (χ0v) is 20.4. The van der Waals surface area contributed by atoms with E-state index in [0.29, 0.717) is 40.8 Å². The number of rotatable bonds is 11.